The van der Waals surface area contributed by atoms with E-state index in [-0.39, 0.29) is 5.91 Å². The third-order valence-electron chi connectivity index (χ3n) is 2.73. The molecule has 0 bridgehead atoms. The van der Waals surface area contributed by atoms with E-state index in [0.29, 0.717) is 6.42 Å². The quantitative estimate of drug-likeness (QED) is 0.290. The summed E-state index contributed by atoms with van der Waals surface area (Å²) in [4.78, 5) is 10.7. The summed E-state index contributed by atoms with van der Waals surface area (Å²) in [6.45, 7) is 0.812. The molecule has 0 aliphatic heterocycles. The molecule has 0 aromatic rings. The van der Waals surface area contributed by atoms with Crippen LogP contribution >= 0.6 is 0 Å². The van der Waals surface area contributed by atoms with Gasteiger partial charge in [0.25, 0.3) is 0 Å². The second-order valence-corrected chi connectivity index (χ2v) is 4.26. The van der Waals surface area contributed by atoms with E-state index in [4.69, 9.17) is 10.9 Å². The lowest BCUT2D eigenvalue weighted by Crippen LogP contribution is -2.17. The first-order valence-corrected chi connectivity index (χ1v) is 6.44. The van der Waals surface area contributed by atoms with E-state index in [1.165, 1.54) is 38.5 Å². The highest BCUT2D eigenvalue weighted by molar-refractivity contribution is 5.74. The number of carbonyl (C=O) groups is 1. The summed E-state index contributed by atoms with van der Waals surface area (Å²) in [5.74, 6) is -0.276. The third kappa shape index (κ3) is 11.5. The summed E-state index contributed by atoms with van der Waals surface area (Å²) in [6, 6.07) is 0. The van der Waals surface area contributed by atoms with Crippen LogP contribution in [0, 0.1) is 0 Å². The van der Waals surface area contributed by atoms with Crippen LogP contribution in [-0.2, 0) is 4.79 Å². The van der Waals surface area contributed by atoms with Crippen molar-refractivity contribution < 1.29 is 10.0 Å². The maximum absolute atomic E-state index is 10.7. The van der Waals surface area contributed by atoms with E-state index in [0.717, 1.165) is 25.8 Å². The highest BCUT2D eigenvalue weighted by atomic mass is 16.5. The van der Waals surface area contributed by atoms with Gasteiger partial charge in [0.05, 0.1) is 0 Å². The van der Waals surface area contributed by atoms with Crippen LogP contribution in [0.1, 0.15) is 64.2 Å². The van der Waals surface area contributed by atoms with Crippen molar-refractivity contribution in [1.82, 2.24) is 5.48 Å². The van der Waals surface area contributed by atoms with Crippen LogP contribution in [0.2, 0.25) is 0 Å². The normalized spacial score (nSPS) is 10.4. The van der Waals surface area contributed by atoms with Gasteiger partial charge >= 0.3 is 0 Å². The molecule has 0 radical (unpaired) electrons. The zero-order valence-corrected chi connectivity index (χ0v) is 10.2. The van der Waals surface area contributed by atoms with Gasteiger partial charge in [-0.2, -0.15) is 0 Å². The first kappa shape index (κ1) is 15.4. The average molecular weight is 230 g/mol. The first-order valence-electron chi connectivity index (χ1n) is 6.44. The Kier molecular flexibility index (Phi) is 12.0. The minimum absolute atomic E-state index is 0.276. The largest absolute Gasteiger partial charge is 0.330 e. The molecular formula is C12H26N2O2. The van der Waals surface area contributed by atoms with Crippen LogP contribution in [-0.4, -0.2) is 17.7 Å². The molecule has 4 N–H and O–H groups in total. The summed E-state index contributed by atoms with van der Waals surface area (Å²) in [6.07, 6.45) is 11.1. The standard InChI is InChI=1S/C12H26N2O2/c13-11-9-7-5-3-1-2-4-6-8-10-12(15)14-16/h16H,1-11,13H2,(H,14,15). The van der Waals surface area contributed by atoms with Gasteiger partial charge in [-0.05, 0) is 19.4 Å². The molecule has 4 nitrogen and oxygen atoms in total. The SMILES string of the molecule is NCCCCCCCCCCCC(=O)NO. The van der Waals surface area contributed by atoms with E-state index in [9.17, 15) is 4.79 Å². The number of carbonyl (C=O) groups excluding carboxylic acids is 1. The second-order valence-electron chi connectivity index (χ2n) is 4.26. The monoisotopic (exact) mass is 230 g/mol. The Morgan fingerprint density at radius 3 is 1.75 bits per heavy atom. The predicted molar refractivity (Wildman–Crippen MR) is 65.2 cm³/mol. The minimum atomic E-state index is -0.276. The molecule has 0 unspecified atom stereocenters. The molecular weight excluding hydrogens is 204 g/mol. The van der Waals surface area contributed by atoms with Crippen LogP contribution in [0.15, 0.2) is 0 Å². The molecule has 0 aliphatic rings. The summed E-state index contributed by atoms with van der Waals surface area (Å²) < 4.78 is 0. The number of nitrogens with one attached hydrogen (secondary N) is 1. The highest BCUT2D eigenvalue weighted by Gasteiger charge is 1.98. The Bertz CT molecular complexity index is 163. The van der Waals surface area contributed by atoms with E-state index in [1.54, 1.807) is 5.48 Å². The minimum Gasteiger partial charge on any atom is -0.330 e. The Morgan fingerprint density at radius 1 is 0.875 bits per heavy atom. The summed E-state index contributed by atoms with van der Waals surface area (Å²) in [7, 11) is 0. The lowest BCUT2D eigenvalue weighted by atomic mass is 10.1. The van der Waals surface area contributed by atoms with Crippen LogP contribution in [0.5, 0.6) is 0 Å². The van der Waals surface area contributed by atoms with Crippen LogP contribution in [0.3, 0.4) is 0 Å². The van der Waals surface area contributed by atoms with Crippen molar-refractivity contribution in [3.63, 3.8) is 0 Å². The Morgan fingerprint density at radius 2 is 1.31 bits per heavy atom. The van der Waals surface area contributed by atoms with Gasteiger partial charge in [0.15, 0.2) is 0 Å². The van der Waals surface area contributed by atoms with Gasteiger partial charge in [-0.25, -0.2) is 5.48 Å². The highest BCUT2D eigenvalue weighted by Crippen LogP contribution is 2.10. The zero-order valence-electron chi connectivity index (χ0n) is 10.2. The van der Waals surface area contributed by atoms with E-state index in [2.05, 4.69) is 0 Å². The first-order chi connectivity index (χ1) is 7.81. The van der Waals surface area contributed by atoms with Gasteiger partial charge in [-0.15, -0.1) is 0 Å². The molecule has 0 spiro atoms. The van der Waals surface area contributed by atoms with Gasteiger partial charge in [0.1, 0.15) is 0 Å². The molecule has 0 aromatic carbocycles. The summed E-state index contributed by atoms with van der Waals surface area (Å²) >= 11 is 0. The van der Waals surface area contributed by atoms with Crippen molar-refractivity contribution in [3.05, 3.63) is 0 Å². The van der Waals surface area contributed by atoms with Gasteiger partial charge in [-0.3, -0.25) is 10.0 Å². The van der Waals surface area contributed by atoms with Crippen molar-refractivity contribution >= 4 is 5.91 Å². The van der Waals surface area contributed by atoms with E-state index >= 15 is 0 Å². The van der Waals surface area contributed by atoms with Crippen molar-refractivity contribution in [2.45, 2.75) is 64.2 Å². The molecule has 0 saturated carbocycles. The zero-order chi connectivity index (χ0) is 12.1. The smallest absolute Gasteiger partial charge is 0.243 e. The molecule has 0 fully saturated rings. The van der Waals surface area contributed by atoms with Gasteiger partial charge < -0.3 is 5.73 Å². The summed E-state index contributed by atoms with van der Waals surface area (Å²) in [5.41, 5.74) is 7.06. The van der Waals surface area contributed by atoms with Crippen molar-refractivity contribution in [2.24, 2.45) is 5.73 Å². The van der Waals surface area contributed by atoms with Crippen molar-refractivity contribution in [2.75, 3.05) is 6.54 Å². The Balaban J connectivity index is 2.96. The number of hydrogen-bond donors (Lipinski definition) is 3. The molecule has 1 amide bonds. The number of amides is 1. The van der Waals surface area contributed by atoms with Crippen LogP contribution in [0.25, 0.3) is 0 Å². The van der Waals surface area contributed by atoms with E-state index < -0.39 is 0 Å². The predicted octanol–water partition coefficient (Wildman–Crippen LogP) is 2.35. The van der Waals surface area contributed by atoms with Gasteiger partial charge in [0.2, 0.25) is 5.91 Å². The summed E-state index contributed by atoms with van der Waals surface area (Å²) in [5, 5.41) is 8.27. The molecule has 16 heavy (non-hydrogen) atoms. The van der Waals surface area contributed by atoms with Crippen molar-refractivity contribution in [1.29, 1.82) is 0 Å². The molecule has 4 heteroatoms. The number of hydroxylamine groups is 1. The maximum Gasteiger partial charge on any atom is 0.243 e. The molecule has 0 rings (SSSR count). The fourth-order valence-corrected chi connectivity index (χ4v) is 1.72. The molecule has 0 heterocycles. The molecule has 0 atom stereocenters. The molecule has 0 aromatic heterocycles. The average Bonchev–Trinajstić information content (AvgIpc) is 2.31. The Labute approximate surface area is 98.6 Å². The number of nitrogens with two attached hydrogens (primary N) is 1. The van der Waals surface area contributed by atoms with Gasteiger partial charge in [0, 0.05) is 6.42 Å². The van der Waals surface area contributed by atoms with Crippen molar-refractivity contribution in [3.8, 4) is 0 Å². The number of unbranched alkanes of at least 4 members (excludes halogenated alkanes) is 8. The van der Waals surface area contributed by atoms with Crippen LogP contribution in [0.4, 0.5) is 0 Å². The Hall–Kier alpha value is -0.610. The third-order valence-corrected chi connectivity index (χ3v) is 2.73. The van der Waals surface area contributed by atoms with E-state index in [1.807, 2.05) is 0 Å². The van der Waals surface area contributed by atoms with Gasteiger partial charge in [-0.1, -0.05) is 44.9 Å². The topological polar surface area (TPSA) is 75.4 Å². The maximum atomic E-state index is 10.7. The fraction of sp³-hybridized carbons (Fsp3) is 0.917. The van der Waals surface area contributed by atoms with Crippen LogP contribution < -0.4 is 11.2 Å². The fourth-order valence-electron chi connectivity index (χ4n) is 1.72. The number of hydrogen-bond acceptors (Lipinski definition) is 3. The molecule has 0 aliphatic carbocycles. The number of rotatable bonds is 11. The molecule has 96 valence electrons. The second kappa shape index (κ2) is 12.5. The lowest BCUT2D eigenvalue weighted by Gasteiger charge is -2.01. The lowest BCUT2D eigenvalue weighted by molar-refractivity contribution is -0.129. The molecule has 0 saturated heterocycles.